The van der Waals surface area contributed by atoms with Gasteiger partial charge in [-0.25, -0.2) is 4.39 Å². The molecule has 1 aliphatic carbocycles. The van der Waals surface area contributed by atoms with E-state index in [0.717, 1.165) is 11.1 Å². The van der Waals surface area contributed by atoms with Gasteiger partial charge in [0.05, 0.1) is 22.5 Å². The second-order valence-corrected chi connectivity index (χ2v) is 10.7. The third-order valence-corrected chi connectivity index (χ3v) is 8.19. The fraction of sp³-hybridized carbons (Fsp3) is 0.242. The van der Waals surface area contributed by atoms with Crippen LogP contribution in [-0.4, -0.2) is 11.0 Å². The van der Waals surface area contributed by atoms with E-state index in [2.05, 4.69) is 0 Å². The highest BCUT2D eigenvalue weighted by Gasteiger charge is 2.63. The number of anilines is 1. The molecule has 1 saturated heterocycles. The van der Waals surface area contributed by atoms with Gasteiger partial charge in [-0.1, -0.05) is 66.2 Å². The van der Waals surface area contributed by atoms with E-state index < -0.39 is 35.0 Å². The Bertz CT molecular complexity index is 1650. The van der Waals surface area contributed by atoms with E-state index in [1.807, 2.05) is 54.6 Å². The Kier molecular flexibility index (Phi) is 5.51. The van der Waals surface area contributed by atoms with Crippen molar-refractivity contribution in [1.82, 2.24) is 0 Å². The number of nitrogens with zero attached hydrogens (tertiary/aromatic N) is 1. The Morgan fingerprint density at radius 1 is 0.923 bits per heavy atom. The van der Waals surface area contributed by atoms with E-state index >= 15 is 0 Å². The summed E-state index contributed by atoms with van der Waals surface area (Å²) in [7, 11) is 0. The summed E-state index contributed by atoms with van der Waals surface area (Å²) in [5, 5.41) is 11.4. The molecule has 0 radical (unpaired) electrons. The SMILES string of the molecule is [2H]c1c([2H])c(C2(O)CCC3(CC2)C(=O)N(c2ccc(F)cc2)[C@@H]3c2ccc(OCc3ccccc3)cc2)c([2H])c([2H])c1Cl. The van der Waals surface area contributed by atoms with Gasteiger partial charge in [0.25, 0.3) is 0 Å². The Balaban J connectivity index is 1.31. The summed E-state index contributed by atoms with van der Waals surface area (Å²) >= 11 is 5.99. The molecule has 1 atom stereocenters. The first-order chi connectivity index (χ1) is 20.6. The van der Waals surface area contributed by atoms with Gasteiger partial charge in [0.1, 0.15) is 18.2 Å². The standard InChI is InChI=1S/C33H29ClFNO3/c34-26-10-8-25(9-11-26)33(38)20-18-32(19-21-33)30(36(31(32)37)28-14-12-27(35)13-15-28)24-6-16-29(17-7-24)39-22-23-4-2-1-3-5-23/h1-17,30,38H,18-22H2/t30-,32?,33?/m1/s1/i8D,9D,10D,11D. The van der Waals surface area contributed by atoms with Crippen LogP contribution in [0.3, 0.4) is 0 Å². The summed E-state index contributed by atoms with van der Waals surface area (Å²) in [6, 6.07) is 21.2. The zero-order valence-electron chi connectivity index (χ0n) is 25.1. The Morgan fingerprint density at radius 2 is 1.56 bits per heavy atom. The maximum atomic E-state index is 13.9. The second-order valence-electron chi connectivity index (χ2n) is 10.3. The summed E-state index contributed by atoms with van der Waals surface area (Å²) in [5.74, 6) is 0.115. The van der Waals surface area contributed by atoms with Crippen molar-refractivity contribution >= 4 is 23.2 Å². The average Bonchev–Trinajstić information content (AvgIpc) is 3.02. The normalized spacial score (nSPS) is 25.9. The molecule has 0 unspecified atom stereocenters. The summed E-state index contributed by atoms with van der Waals surface area (Å²) in [4.78, 5) is 15.6. The Morgan fingerprint density at radius 3 is 2.21 bits per heavy atom. The lowest BCUT2D eigenvalue weighted by molar-refractivity contribution is -0.149. The molecule has 4 aromatic rings. The predicted molar refractivity (Wildman–Crippen MR) is 150 cm³/mol. The van der Waals surface area contributed by atoms with Crippen LogP contribution >= 0.6 is 11.6 Å². The largest absolute Gasteiger partial charge is 0.489 e. The number of rotatable bonds is 6. The summed E-state index contributed by atoms with van der Waals surface area (Å²) in [6.07, 6.45) is 0.615. The van der Waals surface area contributed by atoms with Crippen molar-refractivity contribution in [3.8, 4) is 5.75 Å². The highest BCUT2D eigenvalue weighted by atomic mass is 35.5. The Labute approximate surface area is 238 Å². The molecule has 39 heavy (non-hydrogen) atoms. The number of halogens is 2. The first kappa shape index (κ1) is 21.2. The van der Waals surface area contributed by atoms with Gasteiger partial charge >= 0.3 is 0 Å². The lowest BCUT2D eigenvalue weighted by Crippen LogP contribution is -2.65. The monoisotopic (exact) mass is 545 g/mol. The van der Waals surface area contributed by atoms with Crippen LogP contribution in [0.2, 0.25) is 5.02 Å². The van der Waals surface area contributed by atoms with Crippen LogP contribution in [-0.2, 0) is 17.0 Å². The number of amides is 1. The minimum absolute atomic E-state index is 0.0586. The number of β-lactam (4-membered cyclic amide) rings is 1. The zero-order valence-corrected chi connectivity index (χ0v) is 21.8. The summed E-state index contributed by atoms with van der Waals surface area (Å²) in [5.41, 5.74) is -0.180. The molecule has 1 amide bonds. The lowest BCUT2D eigenvalue weighted by Gasteiger charge is -2.59. The van der Waals surface area contributed by atoms with Crippen molar-refractivity contribution in [1.29, 1.82) is 0 Å². The highest BCUT2D eigenvalue weighted by Crippen LogP contribution is 2.61. The molecule has 0 aromatic heterocycles. The van der Waals surface area contributed by atoms with Crippen LogP contribution in [0.1, 0.15) is 53.9 Å². The van der Waals surface area contributed by atoms with Gasteiger partial charge in [-0.2, -0.15) is 0 Å². The first-order valence-electron chi connectivity index (χ1n) is 14.9. The van der Waals surface area contributed by atoms with Gasteiger partial charge in [-0.3, -0.25) is 4.79 Å². The molecule has 0 bridgehead atoms. The third kappa shape index (κ3) is 4.70. The number of carbonyl (C=O) groups excluding carboxylic acids is 1. The van der Waals surface area contributed by atoms with E-state index in [9.17, 15) is 14.3 Å². The first-order valence-corrected chi connectivity index (χ1v) is 13.3. The molecule has 4 aromatic carbocycles. The molecule has 1 saturated carbocycles. The van der Waals surface area contributed by atoms with Crippen LogP contribution in [0.4, 0.5) is 10.1 Å². The van der Waals surface area contributed by atoms with Crippen LogP contribution in [0.25, 0.3) is 0 Å². The van der Waals surface area contributed by atoms with Crippen molar-refractivity contribution in [3.63, 3.8) is 0 Å². The van der Waals surface area contributed by atoms with Crippen LogP contribution in [0.15, 0.2) is 103 Å². The molecular weight excluding hydrogens is 513 g/mol. The lowest BCUT2D eigenvalue weighted by atomic mass is 9.56. The molecule has 2 fully saturated rings. The van der Waals surface area contributed by atoms with Crippen molar-refractivity contribution in [2.75, 3.05) is 4.90 Å². The van der Waals surface area contributed by atoms with Gasteiger partial charge in [-0.15, -0.1) is 0 Å². The highest BCUT2D eigenvalue weighted by molar-refractivity contribution is 6.30. The molecule has 1 heterocycles. The van der Waals surface area contributed by atoms with Gasteiger partial charge in [0.2, 0.25) is 5.91 Å². The summed E-state index contributed by atoms with van der Waals surface area (Å²) < 4.78 is 52.8. The minimum Gasteiger partial charge on any atom is -0.489 e. The van der Waals surface area contributed by atoms with Crippen LogP contribution < -0.4 is 9.64 Å². The molecule has 1 spiro atoms. The molecule has 6 rings (SSSR count). The molecule has 6 heteroatoms. The van der Waals surface area contributed by atoms with Crippen molar-refractivity contribution < 1.29 is 24.5 Å². The number of ether oxygens (including phenoxy) is 1. The van der Waals surface area contributed by atoms with Crippen molar-refractivity contribution in [3.05, 3.63) is 131 Å². The quantitative estimate of drug-likeness (QED) is 0.254. The second kappa shape index (κ2) is 10.1. The van der Waals surface area contributed by atoms with E-state index in [-0.39, 0.29) is 54.3 Å². The maximum absolute atomic E-state index is 13.9. The third-order valence-electron chi connectivity index (χ3n) is 8.00. The number of benzene rings is 4. The molecular formula is C33H29ClFNO3. The minimum atomic E-state index is -1.66. The number of carbonyl (C=O) groups is 1. The molecule has 4 nitrogen and oxygen atoms in total. The van der Waals surface area contributed by atoms with E-state index in [0.29, 0.717) is 18.0 Å². The fourth-order valence-electron chi connectivity index (χ4n) is 5.86. The molecule has 2 aliphatic rings. The van der Waals surface area contributed by atoms with Crippen LogP contribution in [0.5, 0.6) is 5.75 Å². The maximum Gasteiger partial charge on any atom is 0.236 e. The zero-order chi connectivity index (χ0) is 30.5. The molecule has 1 N–H and O–H groups in total. The van der Waals surface area contributed by atoms with Crippen molar-refractivity contribution in [2.45, 2.75) is 43.9 Å². The average molecular weight is 546 g/mol. The van der Waals surface area contributed by atoms with E-state index in [1.165, 1.54) is 12.1 Å². The topological polar surface area (TPSA) is 49.8 Å². The number of aliphatic hydroxyl groups is 1. The molecule has 198 valence electrons. The predicted octanol–water partition coefficient (Wildman–Crippen LogP) is 7.59. The van der Waals surface area contributed by atoms with Crippen LogP contribution in [0, 0.1) is 11.2 Å². The van der Waals surface area contributed by atoms with Gasteiger partial charge < -0.3 is 14.7 Å². The fourth-order valence-corrected chi connectivity index (χ4v) is 5.95. The van der Waals surface area contributed by atoms with Crippen molar-refractivity contribution in [2.24, 2.45) is 5.41 Å². The summed E-state index contributed by atoms with van der Waals surface area (Å²) in [6.45, 7) is 0.410. The number of hydrogen-bond donors (Lipinski definition) is 1. The van der Waals surface area contributed by atoms with E-state index in [1.54, 1.807) is 17.0 Å². The van der Waals surface area contributed by atoms with Gasteiger partial charge in [0, 0.05) is 10.7 Å². The molecule has 1 aliphatic heterocycles. The number of hydrogen-bond acceptors (Lipinski definition) is 3. The van der Waals surface area contributed by atoms with Gasteiger partial charge in [0.15, 0.2) is 0 Å². The smallest absolute Gasteiger partial charge is 0.236 e. The van der Waals surface area contributed by atoms with Gasteiger partial charge in [-0.05, 0) is 90.9 Å². The Hall–Kier alpha value is -3.67. The van der Waals surface area contributed by atoms with E-state index in [4.69, 9.17) is 21.8 Å².